The lowest BCUT2D eigenvalue weighted by Crippen LogP contribution is -2.32. The quantitative estimate of drug-likeness (QED) is 0.554. The lowest BCUT2D eigenvalue weighted by molar-refractivity contribution is -0.697. The number of pyridine rings is 2. The highest BCUT2D eigenvalue weighted by molar-refractivity contribution is 5.60. The first-order chi connectivity index (χ1) is 9.29. The third-order valence-electron chi connectivity index (χ3n) is 3.47. The van der Waals surface area contributed by atoms with E-state index in [1.165, 1.54) is 36.8 Å². The van der Waals surface area contributed by atoms with Crippen LogP contribution in [0.2, 0.25) is 0 Å². The van der Waals surface area contributed by atoms with Gasteiger partial charge in [0.05, 0.1) is 0 Å². The van der Waals surface area contributed by atoms with E-state index >= 15 is 0 Å². The van der Waals surface area contributed by atoms with Crippen molar-refractivity contribution in [2.45, 2.75) is 39.2 Å². The fraction of sp³-hybridized carbons (Fsp3) is 0.412. The molecule has 100 valence electrons. The fourth-order valence-electron chi connectivity index (χ4n) is 2.21. The largest absolute Gasteiger partial charge is 0.208 e. The lowest BCUT2D eigenvalue weighted by atomic mass is 10.1. The standard InChI is InChI=1S/C17H24N2/c1-3-4-5-6-11-19-14-9-17(10-15-19)16-7-12-18(2)13-8-16/h7-10,12-15H,3-6,11H2,1-2H3/q+2. The van der Waals surface area contributed by atoms with Gasteiger partial charge >= 0.3 is 0 Å². The molecule has 2 aromatic heterocycles. The maximum atomic E-state index is 2.28. The van der Waals surface area contributed by atoms with Gasteiger partial charge in [0.1, 0.15) is 13.6 Å². The number of unbranched alkanes of at least 4 members (excludes halogenated alkanes) is 3. The molecular weight excluding hydrogens is 232 g/mol. The zero-order valence-electron chi connectivity index (χ0n) is 12.0. The van der Waals surface area contributed by atoms with Gasteiger partial charge in [0.15, 0.2) is 24.8 Å². The van der Waals surface area contributed by atoms with Crippen molar-refractivity contribution in [3.8, 4) is 11.1 Å². The number of rotatable bonds is 6. The lowest BCUT2D eigenvalue weighted by Gasteiger charge is -2.00. The summed E-state index contributed by atoms with van der Waals surface area (Å²) in [6.07, 6.45) is 13.8. The van der Waals surface area contributed by atoms with Crippen LogP contribution in [0.25, 0.3) is 11.1 Å². The molecule has 0 aliphatic carbocycles. The van der Waals surface area contributed by atoms with E-state index in [0.29, 0.717) is 0 Å². The first kappa shape index (κ1) is 13.7. The Balaban J connectivity index is 1.96. The van der Waals surface area contributed by atoms with Crippen molar-refractivity contribution < 1.29 is 9.13 Å². The molecule has 2 rings (SSSR count). The third kappa shape index (κ3) is 4.16. The van der Waals surface area contributed by atoms with Crippen LogP contribution in [0.1, 0.15) is 32.6 Å². The van der Waals surface area contributed by atoms with Crippen molar-refractivity contribution in [3.63, 3.8) is 0 Å². The maximum absolute atomic E-state index is 2.28. The van der Waals surface area contributed by atoms with Gasteiger partial charge in [0.2, 0.25) is 0 Å². The minimum absolute atomic E-state index is 1.13. The summed E-state index contributed by atoms with van der Waals surface area (Å²) in [4.78, 5) is 0. The smallest absolute Gasteiger partial charge is 0.169 e. The van der Waals surface area contributed by atoms with Gasteiger partial charge in [0.25, 0.3) is 0 Å². The van der Waals surface area contributed by atoms with Gasteiger partial charge in [0, 0.05) is 30.7 Å². The average molecular weight is 256 g/mol. The van der Waals surface area contributed by atoms with Crippen molar-refractivity contribution in [2.75, 3.05) is 0 Å². The Bertz CT molecular complexity index is 486. The van der Waals surface area contributed by atoms with Crippen LogP contribution in [0.5, 0.6) is 0 Å². The Morgan fingerprint density at radius 2 is 1.37 bits per heavy atom. The fourth-order valence-corrected chi connectivity index (χ4v) is 2.21. The maximum Gasteiger partial charge on any atom is 0.169 e. The number of hydrogen-bond acceptors (Lipinski definition) is 0. The third-order valence-corrected chi connectivity index (χ3v) is 3.47. The van der Waals surface area contributed by atoms with Crippen LogP contribution >= 0.6 is 0 Å². The molecule has 0 N–H and O–H groups in total. The van der Waals surface area contributed by atoms with Crippen LogP contribution in [0.15, 0.2) is 49.1 Å². The van der Waals surface area contributed by atoms with Gasteiger partial charge in [-0.1, -0.05) is 19.8 Å². The Kier molecular flexibility index (Phi) is 5.08. The molecule has 0 aliphatic rings. The highest BCUT2D eigenvalue weighted by Crippen LogP contribution is 2.15. The summed E-state index contributed by atoms with van der Waals surface area (Å²) < 4.78 is 4.34. The summed E-state index contributed by atoms with van der Waals surface area (Å²) in [5, 5.41) is 0. The highest BCUT2D eigenvalue weighted by atomic mass is 14.9. The average Bonchev–Trinajstić information content (AvgIpc) is 2.45. The molecule has 0 aromatic carbocycles. The van der Waals surface area contributed by atoms with Gasteiger partial charge < -0.3 is 0 Å². The molecule has 2 heteroatoms. The van der Waals surface area contributed by atoms with Gasteiger partial charge in [-0.15, -0.1) is 0 Å². The molecule has 19 heavy (non-hydrogen) atoms. The minimum atomic E-state index is 1.13. The second-order valence-electron chi connectivity index (χ2n) is 5.14. The van der Waals surface area contributed by atoms with E-state index in [-0.39, 0.29) is 0 Å². The topological polar surface area (TPSA) is 7.76 Å². The van der Waals surface area contributed by atoms with Crippen molar-refractivity contribution >= 4 is 0 Å². The molecule has 0 amide bonds. The van der Waals surface area contributed by atoms with E-state index < -0.39 is 0 Å². The number of aromatic nitrogens is 2. The van der Waals surface area contributed by atoms with E-state index in [1.807, 2.05) is 7.05 Å². The van der Waals surface area contributed by atoms with Gasteiger partial charge in [-0.05, 0) is 17.5 Å². The van der Waals surface area contributed by atoms with Gasteiger partial charge in [-0.2, -0.15) is 0 Å². The zero-order valence-corrected chi connectivity index (χ0v) is 12.0. The summed E-state index contributed by atoms with van der Waals surface area (Å²) in [7, 11) is 2.04. The summed E-state index contributed by atoms with van der Waals surface area (Å²) in [6, 6.07) is 8.71. The van der Waals surface area contributed by atoms with Gasteiger partial charge in [-0.3, -0.25) is 0 Å². The van der Waals surface area contributed by atoms with Crippen LogP contribution in [0, 0.1) is 0 Å². The molecule has 0 saturated carbocycles. The molecule has 0 spiro atoms. The first-order valence-electron chi connectivity index (χ1n) is 7.24. The van der Waals surface area contributed by atoms with E-state index in [2.05, 4.69) is 65.1 Å². The molecule has 0 radical (unpaired) electrons. The van der Waals surface area contributed by atoms with Crippen molar-refractivity contribution in [3.05, 3.63) is 49.1 Å². The van der Waals surface area contributed by atoms with Crippen molar-refractivity contribution in [2.24, 2.45) is 7.05 Å². The normalized spacial score (nSPS) is 10.6. The first-order valence-corrected chi connectivity index (χ1v) is 7.24. The second kappa shape index (κ2) is 7.03. The van der Waals surface area contributed by atoms with E-state index in [1.54, 1.807) is 0 Å². The summed E-state index contributed by atoms with van der Waals surface area (Å²) in [6.45, 7) is 3.38. The predicted octanol–water partition coefficient (Wildman–Crippen LogP) is 3.05. The monoisotopic (exact) mass is 256 g/mol. The van der Waals surface area contributed by atoms with Crippen LogP contribution in [0.3, 0.4) is 0 Å². The van der Waals surface area contributed by atoms with Crippen LogP contribution in [-0.4, -0.2) is 0 Å². The van der Waals surface area contributed by atoms with Crippen LogP contribution in [0.4, 0.5) is 0 Å². The zero-order chi connectivity index (χ0) is 13.5. The number of hydrogen-bond donors (Lipinski definition) is 0. The predicted molar refractivity (Wildman–Crippen MR) is 77.4 cm³/mol. The minimum Gasteiger partial charge on any atom is -0.208 e. The van der Waals surface area contributed by atoms with Crippen molar-refractivity contribution in [1.29, 1.82) is 0 Å². The molecule has 0 fully saturated rings. The SMILES string of the molecule is CCCCCC[n+]1ccc(-c2cc[n+](C)cc2)cc1. The molecule has 0 saturated heterocycles. The molecule has 2 heterocycles. The molecule has 2 aromatic rings. The second-order valence-corrected chi connectivity index (χ2v) is 5.14. The van der Waals surface area contributed by atoms with Crippen LogP contribution < -0.4 is 9.13 Å². The summed E-state index contributed by atoms with van der Waals surface area (Å²) in [5.41, 5.74) is 2.56. The molecule has 0 bridgehead atoms. The molecule has 0 aliphatic heterocycles. The molecular formula is C17H24N2+2. The highest BCUT2D eigenvalue weighted by Gasteiger charge is 2.03. The Labute approximate surface area is 116 Å². The van der Waals surface area contributed by atoms with Gasteiger partial charge in [-0.25, -0.2) is 9.13 Å². The number of aryl methyl sites for hydroxylation is 2. The van der Waals surface area contributed by atoms with E-state index in [4.69, 9.17) is 0 Å². The summed E-state index contributed by atoms with van der Waals surface area (Å²) >= 11 is 0. The Morgan fingerprint density at radius 3 is 1.95 bits per heavy atom. The molecule has 0 unspecified atom stereocenters. The summed E-state index contributed by atoms with van der Waals surface area (Å²) in [5.74, 6) is 0. The Hall–Kier alpha value is -1.70. The molecule has 0 atom stereocenters. The van der Waals surface area contributed by atoms with E-state index in [9.17, 15) is 0 Å². The van der Waals surface area contributed by atoms with Crippen LogP contribution in [-0.2, 0) is 13.6 Å². The number of nitrogens with zero attached hydrogens (tertiary/aromatic N) is 2. The Morgan fingerprint density at radius 1 is 0.789 bits per heavy atom. The molecule has 2 nitrogen and oxygen atoms in total. The van der Waals surface area contributed by atoms with Crippen molar-refractivity contribution in [1.82, 2.24) is 0 Å². The van der Waals surface area contributed by atoms with E-state index in [0.717, 1.165) is 6.54 Å².